The summed E-state index contributed by atoms with van der Waals surface area (Å²) in [5.41, 5.74) is 0.593. The van der Waals surface area contributed by atoms with Crippen molar-refractivity contribution in [3.63, 3.8) is 0 Å². The molecule has 0 bridgehead atoms. The first kappa shape index (κ1) is 25.3. The Balaban J connectivity index is 0.000000813. The Labute approximate surface area is 188 Å². The Kier molecular flexibility index (Phi) is 9.58. The number of sulfone groups is 1. The molecule has 9 nitrogen and oxygen atoms in total. The summed E-state index contributed by atoms with van der Waals surface area (Å²) in [5.74, 6) is -0.103. The number of nitrogens with one attached hydrogen (secondary N) is 2. The molecule has 0 spiro atoms. The molecule has 1 heterocycles. The SMILES string of the molecule is CC1CC1.CCCNc1cc(C(=O)Nc2ccc(S(=O)(=O)CCCC(=O)O)cc2)ncn1. The molecule has 2 aromatic rings. The van der Waals surface area contributed by atoms with E-state index in [1.807, 2.05) is 6.92 Å². The minimum absolute atomic E-state index is 0.0399. The zero-order valence-electron chi connectivity index (χ0n) is 18.4. The van der Waals surface area contributed by atoms with E-state index < -0.39 is 21.7 Å². The molecular formula is C22H30N4O5S. The molecule has 0 unspecified atom stereocenters. The van der Waals surface area contributed by atoms with Crippen LogP contribution in [0.3, 0.4) is 0 Å². The van der Waals surface area contributed by atoms with Gasteiger partial charge in [0.15, 0.2) is 9.84 Å². The van der Waals surface area contributed by atoms with Crippen molar-refractivity contribution < 1.29 is 23.1 Å². The van der Waals surface area contributed by atoms with Crippen molar-refractivity contribution in [2.24, 2.45) is 5.92 Å². The summed E-state index contributed by atoms with van der Waals surface area (Å²) in [4.78, 5) is 30.9. The molecular weight excluding hydrogens is 432 g/mol. The van der Waals surface area contributed by atoms with E-state index in [0.29, 0.717) is 11.5 Å². The van der Waals surface area contributed by atoms with Crippen LogP contribution < -0.4 is 10.6 Å². The largest absolute Gasteiger partial charge is 0.481 e. The van der Waals surface area contributed by atoms with Gasteiger partial charge in [-0.3, -0.25) is 9.59 Å². The summed E-state index contributed by atoms with van der Waals surface area (Å²) in [5, 5.41) is 14.3. The average molecular weight is 463 g/mol. The van der Waals surface area contributed by atoms with Gasteiger partial charge >= 0.3 is 5.97 Å². The van der Waals surface area contributed by atoms with E-state index in [4.69, 9.17) is 5.11 Å². The summed E-state index contributed by atoms with van der Waals surface area (Å²) >= 11 is 0. The maximum Gasteiger partial charge on any atom is 0.303 e. The van der Waals surface area contributed by atoms with Gasteiger partial charge in [0.25, 0.3) is 5.91 Å². The number of aromatic nitrogens is 2. The third kappa shape index (κ3) is 9.01. The van der Waals surface area contributed by atoms with Crippen LogP contribution in [0.25, 0.3) is 0 Å². The molecule has 0 atom stereocenters. The van der Waals surface area contributed by atoms with Crippen molar-refractivity contribution >= 4 is 33.2 Å². The van der Waals surface area contributed by atoms with Gasteiger partial charge in [-0.2, -0.15) is 0 Å². The molecule has 1 fully saturated rings. The Morgan fingerprint density at radius 3 is 2.38 bits per heavy atom. The van der Waals surface area contributed by atoms with Gasteiger partial charge < -0.3 is 15.7 Å². The number of aliphatic carboxylic acids is 1. The van der Waals surface area contributed by atoms with E-state index in [9.17, 15) is 18.0 Å². The number of amides is 1. The lowest BCUT2D eigenvalue weighted by Gasteiger charge is -2.08. The molecule has 1 saturated carbocycles. The van der Waals surface area contributed by atoms with Crippen molar-refractivity contribution in [1.29, 1.82) is 0 Å². The zero-order valence-corrected chi connectivity index (χ0v) is 19.2. The number of carboxylic acids is 1. The van der Waals surface area contributed by atoms with Gasteiger partial charge in [-0.05, 0) is 43.0 Å². The van der Waals surface area contributed by atoms with Crippen LogP contribution in [0.15, 0.2) is 41.6 Å². The summed E-state index contributed by atoms with van der Waals surface area (Å²) in [6, 6.07) is 7.23. The molecule has 0 radical (unpaired) electrons. The molecule has 3 N–H and O–H groups in total. The van der Waals surface area contributed by atoms with Crippen LogP contribution in [0.2, 0.25) is 0 Å². The van der Waals surface area contributed by atoms with Crippen molar-refractivity contribution in [3.05, 3.63) is 42.4 Å². The maximum absolute atomic E-state index is 12.3. The van der Waals surface area contributed by atoms with Gasteiger partial charge in [0.2, 0.25) is 0 Å². The molecule has 10 heteroatoms. The Hall–Kier alpha value is -3.01. The van der Waals surface area contributed by atoms with E-state index in [2.05, 4.69) is 27.5 Å². The third-order valence-corrected chi connectivity index (χ3v) is 6.41. The van der Waals surface area contributed by atoms with Crippen molar-refractivity contribution in [3.8, 4) is 0 Å². The second-order valence-electron chi connectivity index (χ2n) is 7.69. The summed E-state index contributed by atoms with van der Waals surface area (Å²) in [6.07, 6.45) is 5.01. The monoisotopic (exact) mass is 462 g/mol. The van der Waals surface area contributed by atoms with Gasteiger partial charge in [0, 0.05) is 24.7 Å². The Morgan fingerprint density at radius 2 is 1.81 bits per heavy atom. The van der Waals surface area contributed by atoms with E-state index in [0.717, 1.165) is 18.9 Å². The van der Waals surface area contributed by atoms with Crippen LogP contribution in [-0.2, 0) is 14.6 Å². The Bertz CT molecular complexity index is 1010. The third-order valence-electron chi connectivity index (χ3n) is 4.60. The normalized spacial score (nSPS) is 12.9. The Morgan fingerprint density at radius 1 is 1.16 bits per heavy atom. The van der Waals surface area contributed by atoms with Gasteiger partial charge in [0.1, 0.15) is 17.8 Å². The lowest BCUT2D eigenvalue weighted by molar-refractivity contribution is -0.137. The number of nitrogens with zero attached hydrogens (tertiary/aromatic N) is 2. The average Bonchev–Trinajstić information content (AvgIpc) is 3.55. The van der Waals surface area contributed by atoms with E-state index in [1.165, 1.54) is 49.5 Å². The number of carboxylic acid groups (broad SMARTS) is 1. The van der Waals surface area contributed by atoms with Gasteiger partial charge in [0.05, 0.1) is 10.6 Å². The van der Waals surface area contributed by atoms with Crippen LogP contribution in [0.4, 0.5) is 11.5 Å². The molecule has 1 amide bonds. The predicted octanol–water partition coefficient (Wildman–Crippen LogP) is 3.61. The van der Waals surface area contributed by atoms with Crippen molar-refractivity contribution in [1.82, 2.24) is 9.97 Å². The number of hydrogen-bond acceptors (Lipinski definition) is 7. The lowest BCUT2D eigenvalue weighted by Crippen LogP contribution is -2.15. The van der Waals surface area contributed by atoms with Crippen LogP contribution in [0.1, 0.15) is 56.4 Å². The highest BCUT2D eigenvalue weighted by Gasteiger charge is 2.16. The quantitative estimate of drug-likeness (QED) is 0.487. The fraction of sp³-hybridized carbons (Fsp3) is 0.455. The summed E-state index contributed by atoms with van der Waals surface area (Å²) in [6.45, 7) is 5.01. The number of anilines is 2. The molecule has 1 aliphatic carbocycles. The molecule has 1 aromatic heterocycles. The van der Waals surface area contributed by atoms with Crippen LogP contribution in [-0.4, -0.2) is 47.7 Å². The number of hydrogen-bond donors (Lipinski definition) is 3. The minimum atomic E-state index is -3.57. The fourth-order valence-corrected chi connectivity index (χ4v) is 3.78. The van der Waals surface area contributed by atoms with Crippen molar-refractivity contribution in [2.75, 3.05) is 22.9 Å². The number of carbonyl (C=O) groups excluding carboxylic acids is 1. The number of carbonyl (C=O) groups is 2. The molecule has 3 rings (SSSR count). The van der Waals surface area contributed by atoms with E-state index in [-0.39, 0.29) is 29.2 Å². The minimum Gasteiger partial charge on any atom is -0.481 e. The van der Waals surface area contributed by atoms with Crippen LogP contribution >= 0.6 is 0 Å². The summed E-state index contributed by atoms with van der Waals surface area (Å²) in [7, 11) is -3.57. The summed E-state index contributed by atoms with van der Waals surface area (Å²) < 4.78 is 24.4. The van der Waals surface area contributed by atoms with Gasteiger partial charge in [-0.1, -0.05) is 26.7 Å². The molecule has 0 aliphatic heterocycles. The number of benzene rings is 1. The van der Waals surface area contributed by atoms with E-state index in [1.54, 1.807) is 0 Å². The van der Waals surface area contributed by atoms with Crippen LogP contribution in [0.5, 0.6) is 0 Å². The van der Waals surface area contributed by atoms with Gasteiger partial charge in [-0.15, -0.1) is 0 Å². The zero-order chi connectivity index (χ0) is 23.6. The smallest absolute Gasteiger partial charge is 0.303 e. The highest BCUT2D eigenvalue weighted by molar-refractivity contribution is 7.91. The van der Waals surface area contributed by atoms with E-state index >= 15 is 0 Å². The molecule has 0 saturated heterocycles. The molecule has 1 aliphatic rings. The second-order valence-corrected chi connectivity index (χ2v) is 9.80. The fourth-order valence-electron chi connectivity index (χ4n) is 2.47. The second kappa shape index (κ2) is 12.1. The van der Waals surface area contributed by atoms with Crippen molar-refractivity contribution in [2.45, 2.75) is 50.8 Å². The molecule has 174 valence electrons. The van der Waals surface area contributed by atoms with Gasteiger partial charge in [-0.25, -0.2) is 18.4 Å². The highest BCUT2D eigenvalue weighted by Crippen LogP contribution is 2.26. The first-order valence-electron chi connectivity index (χ1n) is 10.6. The molecule has 1 aromatic carbocycles. The lowest BCUT2D eigenvalue weighted by atomic mass is 10.3. The maximum atomic E-state index is 12.3. The molecule has 32 heavy (non-hydrogen) atoms. The standard InChI is InChI=1S/C18H22N4O5S.C4H8/c1-2-9-19-16-11-15(20-12-21-16)18(25)22-13-5-7-14(8-6-13)28(26,27)10-3-4-17(23)24;1-4-2-3-4/h5-8,11-12H,2-4,9-10H2,1H3,(H,22,25)(H,23,24)(H,19,20,21);4H,2-3H2,1H3. The highest BCUT2D eigenvalue weighted by atomic mass is 32.2. The first-order valence-corrected chi connectivity index (χ1v) is 12.3. The van der Waals surface area contributed by atoms with Crippen LogP contribution in [0, 0.1) is 5.92 Å². The topological polar surface area (TPSA) is 138 Å². The first-order chi connectivity index (χ1) is 15.2. The number of rotatable bonds is 10. The predicted molar refractivity (Wildman–Crippen MR) is 123 cm³/mol.